The summed E-state index contributed by atoms with van der Waals surface area (Å²) in [5.74, 6) is -3.08. The number of ether oxygens (including phenoxy) is 1. The number of hydrogen-bond donors (Lipinski definition) is 3. The van der Waals surface area contributed by atoms with Crippen molar-refractivity contribution in [1.82, 2.24) is 49.6 Å². The number of piperazine rings is 1. The summed E-state index contributed by atoms with van der Waals surface area (Å²) in [5.41, 5.74) is 4.90. The molecule has 1 unspecified atom stereocenters. The second-order valence-corrected chi connectivity index (χ2v) is 15.2. The molecular formula is C27H38N12O7S3. The topological polar surface area (TPSA) is 236 Å². The number of nitrogens with one attached hydrogen (secondary N) is 1. The number of amides is 2. The van der Waals surface area contributed by atoms with Crippen molar-refractivity contribution in [3.63, 3.8) is 0 Å². The summed E-state index contributed by atoms with van der Waals surface area (Å²) in [6, 6.07) is -1.07. The van der Waals surface area contributed by atoms with E-state index in [1.54, 1.807) is 25.5 Å². The van der Waals surface area contributed by atoms with Crippen LogP contribution >= 0.6 is 35.1 Å². The maximum atomic E-state index is 13.3. The molecule has 5 heterocycles. The SMILES string of the molecule is CN1CCN(CCCn2nnnc2SCC2=C(C(=O)O)N3C(=O)C(NC(=O)C(=NOCC(=O)OC(C)(C)C)c4nsc(N)n4)[C@H]3SC2)CC1. The summed E-state index contributed by atoms with van der Waals surface area (Å²) in [4.78, 5) is 66.0. The van der Waals surface area contributed by atoms with Gasteiger partial charge >= 0.3 is 11.9 Å². The fraction of sp³-hybridized carbons (Fsp3) is 0.630. The van der Waals surface area contributed by atoms with Gasteiger partial charge in [-0.2, -0.15) is 9.36 Å². The van der Waals surface area contributed by atoms with Crippen LogP contribution in [0.4, 0.5) is 5.13 Å². The van der Waals surface area contributed by atoms with Crippen molar-refractivity contribution in [2.45, 2.75) is 55.9 Å². The molecule has 2 atom stereocenters. The lowest BCUT2D eigenvalue weighted by atomic mass is 10.0. The van der Waals surface area contributed by atoms with Gasteiger partial charge in [-0.25, -0.2) is 14.3 Å². The zero-order chi connectivity index (χ0) is 35.3. The maximum absolute atomic E-state index is 13.3. The van der Waals surface area contributed by atoms with Gasteiger partial charge in [0.1, 0.15) is 22.7 Å². The van der Waals surface area contributed by atoms with Crippen molar-refractivity contribution in [2.75, 3.05) is 63.6 Å². The van der Waals surface area contributed by atoms with Gasteiger partial charge in [-0.15, -0.1) is 16.9 Å². The molecule has 0 aliphatic carbocycles. The molecule has 22 heteroatoms. The van der Waals surface area contributed by atoms with E-state index in [0.29, 0.717) is 23.0 Å². The Morgan fingerprint density at radius 1 is 1.18 bits per heavy atom. The Hall–Kier alpha value is -3.86. The Labute approximate surface area is 294 Å². The average molecular weight is 739 g/mol. The molecule has 0 spiro atoms. The maximum Gasteiger partial charge on any atom is 0.352 e. The second kappa shape index (κ2) is 15.8. The number of aromatic nitrogens is 6. The number of hydrogen-bond acceptors (Lipinski definition) is 18. The molecule has 19 nitrogen and oxygen atoms in total. The molecule has 2 aromatic heterocycles. The first-order chi connectivity index (χ1) is 23.3. The van der Waals surface area contributed by atoms with Crippen LogP contribution in [-0.4, -0.2) is 154 Å². The molecule has 2 aromatic rings. The predicted octanol–water partition coefficient (Wildman–Crippen LogP) is -0.662. The van der Waals surface area contributed by atoms with E-state index in [-0.39, 0.29) is 22.4 Å². The number of anilines is 1. The minimum atomic E-state index is -1.26. The number of nitrogens with zero attached hydrogens (tertiary/aromatic N) is 10. The van der Waals surface area contributed by atoms with Crippen molar-refractivity contribution in [3.05, 3.63) is 17.1 Å². The molecule has 3 aliphatic rings. The van der Waals surface area contributed by atoms with Crippen LogP contribution in [0.1, 0.15) is 33.0 Å². The van der Waals surface area contributed by atoms with Crippen LogP contribution in [-0.2, 0) is 35.3 Å². The number of nitrogen functional groups attached to an aromatic ring is 1. The third-order valence-electron chi connectivity index (χ3n) is 7.48. The molecule has 0 saturated carbocycles. The molecule has 5 rings (SSSR count). The molecule has 0 aromatic carbocycles. The van der Waals surface area contributed by atoms with E-state index in [9.17, 15) is 24.3 Å². The summed E-state index contributed by atoms with van der Waals surface area (Å²) in [6.07, 6.45) is 0.868. The molecule has 49 heavy (non-hydrogen) atoms. The number of thioether (sulfide) groups is 2. The first-order valence-corrected chi connectivity index (χ1v) is 18.1. The average Bonchev–Trinajstić information content (AvgIpc) is 3.68. The monoisotopic (exact) mass is 738 g/mol. The molecular weight excluding hydrogens is 701 g/mol. The van der Waals surface area contributed by atoms with Crippen LogP contribution in [0, 0.1) is 0 Å². The van der Waals surface area contributed by atoms with Gasteiger partial charge in [0.2, 0.25) is 23.3 Å². The lowest BCUT2D eigenvalue weighted by Crippen LogP contribution is -2.71. The number of nitrogens with two attached hydrogens (primary N) is 1. The molecule has 266 valence electrons. The highest BCUT2D eigenvalue weighted by molar-refractivity contribution is 8.01. The van der Waals surface area contributed by atoms with E-state index in [1.807, 2.05) is 0 Å². The minimum Gasteiger partial charge on any atom is -0.477 e. The van der Waals surface area contributed by atoms with Gasteiger partial charge < -0.3 is 35.5 Å². The third kappa shape index (κ3) is 9.23. The second-order valence-electron chi connectivity index (χ2n) is 12.3. The fourth-order valence-corrected chi connectivity index (χ4v) is 7.97. The van der Waals surface area contributed by atoms with E-state index < -0.39 is 53.1 Å². The molecule has 2 fully saturated rings. The Bertz CT molecular complexity index is 1620. The molecule has 2 saturated heterocycles. The summed E-state index contributed by atoms with van der Waals surface area (Å²) in [7, 11) is 2.12. The normalized spacial score (nSPS) is 20.5. The summed E-state index contributed by atoms with van der Waals surface area (Å²) in [6.45, 7) is 10.1. The number of tetrazole rings is 1. The summed E-state index contributed by atoms with van der Waals surface area (Å²) >= 11 is 3.43. The highest BCUT2D eigenvalue weighted by Gasteiger charge is 2.54. The minimum absolute atomic E-state index is 0.0534. The number of carboxylic acids is 1. The van der Waals surface area contributed by atoms with E-state index in [1.165, 1.54) is 28.4 Å². The van der Waals surface area contributed by atoms with Crippen molar-refractivity contribution >= 4 is 69.7 Å². The van der Waals surface area contributed by atoms with Crippen LogP contribution in [0.5, 0.6) is 0 Å². The fourth-order valence-electron chi connectivity index (χ4n) is 5.15. The van der Waals surface area contributed by atoms with E-state index in [2.05, 4.69) is 52.2 Å². The van der Waals surface area contributed by atoms with Crippen molar-refractivity contribution in [3.8, 4) is 0 Å². The zero-order valence-corrected chi connectivity index (χ0v) is 29.8. The summed E-state index contributed by atoms with van der Waals surface area (Å²) < 4.78 is 10.9. The third-order valence-corrected chi connectivity index (χ3v) is 10.4. The molecule has 2 amide bonds. The Morgan fingerprint density at radius 3 is 2.61 bits per heavy atom. The number of β-lactam (4-membered cyclic amide) rings is 1. The number of carboxylic acid groups (broad SMARTS) is 1. The van der Waals surface area contributed by atoms with Crippen LogP contribution in [0.25, 0.3) is 0 Å². The highest BCUT2D eigenvalue weighted by Crippen LogP contribution is 2.41. The number of rotatable bonds is 14. The van der Waals surface area contributed by atoms with Crippen molar-refractivity contribution in [2.24, 2.45) is 5.16 Å². The van der Waals surface area contributed by atoms with Gasteiger partial charge in [-0.3, -0.25) is 14.5 Å². The lowest BCUT2D eigenvalue weighted by Gasteiger charge is -2.49. The van der Waals surface area contributed by atoms with E-state index >= 15 is 0 Å². The molecule has 0 radical (unpaired) electrons. The number of aliphatic carboxylic acids is 1. The first-order valence-electron chi connectivity index (χ1n) is 15.3. The Balaban J connectivity index is 1.20. The number of fused-ring (bicyclic) bond motifs is 1. The van der Waals surface area contributed by atoms with Crippen LogP contribution in [0.3, 0.4) is 0 Å². The number of oxime groups is 1. The quantitative estimate of drug-likeness (QED) is 0.0717. The number of carbonyl (C=O) groups is 4. The van der Waals surface area contributed by atoms with E-state index in [4.69, 9.17) is 15.3 Å². The Morgan fingerprint density at radius 2 is 1.94 bits per heavy atom. The van der Waals surface area contributed by atoms with Crippen LogP contribution in [0.15, 0.2) is 21.6 Å². The van der Waals surface area contributed by atoms with Crippen LogP contribution < -0.4 is 11.1 Å². The zero-order valence-electron chi connectivity index (χ0n) is 27.4. The van der Waals surface area contributed by atoms with Crippen LogP contribution in [0.2, 0.25) is 0 Å². The number of carbonyl (C=O) groups excluding carboxylic acids is 3. The summed E-state index contributed by atoms with van der Waals surface area (Å²) in [5, 5.41) is 28.4. The number of esters is 1. The van der Waals surface area contributed by atoms with Gasteiger partial charge in [0, 0.05) is 62.3 Å². The van der Waals surface area contributed by atoms with Gasteiger partial charge in [-0.05, 0) is 50.2 Å². The van der Waals surface area contributed by atoms with Gasteiger partial charge in [0.25, 0.3) is 11.8 Å². The predicted molar refractivity (Wildman–Crippen MR) is 179 cm³/mol. The molecule has 4 N–H and O–H groups in total. The smallest absolute Gasteiger partial charge is 0.352 e. The first kappa shape index (κ1) is 36.4. The van der Waals surface area contributed by atoms with Gasteiger partial charge in [0.05, 0.1) is 0 Å². The van der Waals surface area contributed by atoms with E-state index in [0.717, 1.165) is 50.7 Å². The Kier molecular flexibility index (Phi) is 11.7. The van der Waals surface area contributed by atoms with Gasteiger partial charge in [0.15, 0.2) is 5.13 Å². The number of likely N-dealkylation sites (N-methyl/N-ethyl adjacent to an activating group) is 1. The standard InChI is InChI=1S/C27H38N12O7S3/c1-27(2,3)46-16(40)12-45-32-17(20-30-25(28)49-33-20)21(41)29-18-22(42)39-19(24(43)44)15(13-47-23(18)39)14-48-26-31-34-35-38(26)7-5-6-37-10-8-36(4)9-11-37/h18,23H,5-14H2,1-4H3,(H,29,41)(H,43,44)(H2,28,30,33)/t18?,23-/m1/s1. The highest BCUT2D eigenvalue weighted by atomic mass is 32.2. The molecule has 0 bridgehead atoms. The van der Waals surface area contributed by atoms with Crippen molar-refractivity contribution < 1.29 is 33.9 Å². The van der Waals surface area contributed by atoms with Crippen molar-refractivity contribution in [1.29, 1.82) is 0 Å². The number of aryl methyl sites for hydroxylation is 1. The molecule has 3 aliphatic heterocycles. The largest absolute Gasteiger partial charge is 0.477 e. The van der Waals surface area contributed by atoms with Gasteiger partial charge in [-0.1, -0.05) is 16.9 Å². The lowest BCUT2D eigenvalue weighted by molar-refractivity contribution is -0.160.